The predicted molar refractivity (Wildman–Crippen MR) is 128 cm³/mol. The van der Waals surface area contributed by atoms with Gasteiger partial charge in [-0.2, -0.15) is 0 Å². The van der Waals surface area contributed by atoms with Crippen LogP contribution in [0.15, 0.2) is 64.0 Å². The van der Waals surface area contributed by atoms with Crippen molar-refractivity contribution in [3.63, 3.8) is 0 Å². The number of aromatic hydroxyl groups is 1. The van der Waals surface area contributed by atoms with E-state index < -0.39 is 12.0 Å². The molecule has 2 aromatic carbocycles. The van der Waals surface area contributed by atoms with Crippen molar-refractivity contribution in [3.8, 4) is 17.2 Å². The van der Waals surface area contributed by atoms with Crippen LogP contribution in [0.1, 0.15) is 31.0 Å². The fraction of sp³-hybridized carbons (Fsp3) is 0.240. The van der Waals surface area contributed by atoms with Crippen molar-refractivity contribution >= 4 is 23.4 Å². The zero-order valence-corrected chi connectivity index (χ0v) is 19.8. The first-order valence-electron chi connectivity index (χ1n) is 10.7. The number of phenolic OH excluding ortho intramolecular Hbond substituents is 1. The molecule has 0 saturated heterocycles. The maximum atomic E-state index is 13.5. The molecule has 0 amide bonds. The van der Waals surface area contributed by atoms with E-state index in [0.717, 1.165) is 5.56 Å². The Hall–Kier alpha value is -3.85. The highest BCUT2D eigenvalue weighted by Gasteiger charge is 2.31. The first-order valence-corrected chi connectivity index (χ1v) is 11.6. The lowest BCUT2D eigenvalue weighted by Crippen LogP contribution is -2.39. The van der Waals surface area contributed by atoms with Crippen molar-refractivity contribution in [2.75, 3.05) is 20.3 Å². The van der Waals surface area contributed by atoms with Crippen LogP contribution in [0.3, 0.4) is 0 Å². The third-order valence-corrected chi connectivity index (χ3v) is 6.20. The number of rotatable bonds is 7. The van der Waals surface area contributed by atoms with Gasteiger partial charge in [0.1, 0.15) is 5.75 Å². The predicted octanol–water partition coefficient (Wildman–Crippen LogP) is 2.52. The average molecular weight is 481 g/mol. The summed E-state index contributed by atoms with van der Waals surface area (Å²) in [6.45, 7) is 4.65. The molecule has 0 bridgehead atoms. The number of hydrogen-bond acceptors (Lipinski definition) is 8. The molecule has 34 heavy (non-hydrogen) atoms. The lowest BCUT2D eigenvalue weighted by Gasteiger charge is -2.23. The van der Waals surface area contributed by atoms with Gasteiger partial charge in [-0.05, 0) is 55.3 Å². The number of ether oxygens (including phenoxy) is 3. The topological polar surface area (TPSA) is 99.4 Å². The van der Waals surface area contributed by atoms with Gasteiger partial charge in [-0.25, -0.2) is 9.79 Å². The van der Waals surface area contributed by atoms with Gasteiger partial charge in [0.15, 0.2) is 16.3 Å². The van der Waals surface area contributed by atoms with Gasteiger partial charge in [0.25, 0.3) is 5.56 Å². The van der Waals surface area contributed by atoms with E-state index in [1.54, 1.807) is 48.5 Å². The quantitative estimate of drug-likeness (QED) is 0.522. The van der Waals surface area contributed by atoms with Crippen molar-refractivity contribution in [3.05, 3.63) is 85.1 Å². The SMILES string of the molecule is CCOc1ccc([C@H]2C(C(=O)OC)=CN=c3s/c(=C\c4ccc(O)cc4)c(=O)n32)cc1OCC. The summed E-state index contributed by atoms with van der Waals surface area (Å²) in [4.78, 5) is 31.0. The van der Waals surface area contributed by atoms with E-state index in [2.05, 4.69) is 4.99 Å². The first kappa shape index (κ1) is 23.3. The van der Waals surface area contributed by atoms with Crippen LogP contribution in [0.25, 0.3) is 6.08 Å². The Kier molecular flexibility index (Phi) is 6.83. The highest BCUT2D eigenvalue weighted by molar-refractivity contribution is 7.07. The summed E-state index contributed by atoms with van der Waals surface area (Å²) in [5.74, 6) is 0.668. The highest BCUT2D eigenvalue weighted by atomic mass is 32.1. The van der Waals surface area contributed by atoms with Crippen molar-refractivity contribution in [1.82, 2.24) is 4.57 Å². The molecule has 0 radical (unpaired) electrons. The van der Waals surface area contributed by atoms with Gasteiger partial charge in [-0.1, -0.05) is 29.5 Å². The van der Waals surface area contributed by atoms with E-state index in [1.165, 1.54) is 29.2 Å². The van der Waals surface area contributed by atoms with E-state index in [9.17, 15) is 14.7 Å². The monoisotopic (exact) mass is 480 g/mol. The molecular weight excluding hydrogens is 456 g/mol. The molecule has 1 aromatic heterocycles. The van der Waals surface area contributed by atoms with Crippen LogP contribution >= 0.6 is 11.3 Å². The first-order chi connectivity index (χ1) is 16.5. The third kappa shape index (κ3) is 4.47. The van der Waals surface area contributed by atoms with Gasteiger partial charge in [-0.3, -0.25) is 9.36 Å². The average Bonchev–Trinajstić information content (AvgIpc) is 3.16. The molecule has 0 saturated carbocycles. The maximum Gasteiger partial charge on any atom is 0.337 e. The number of benzene rings is 2. The lowest BCUT2D eigenvalue weighted by atomic mass is 9.97. The molecule has 0 spiro atoms. The number of phenols is 1. The number of aromatic nitrogens is 1. The summed E-state index contributed by atoms with van der Waals surface area (Å²) in [5.41, 5.74) is 1.36. The number of hydrogen-bond donors (Lipinski definition) is 1. The van der Waals surface area contributed by atoms with Crippen LogP contribution in [0.2, 0.25) is 0 Å². The van der Waals surface area contributed by atoms with Crippen LogP contribution < -0.4 is 24.4 Å². The summed E-state index contributed by atoms with van der Waals surface area (Å²) in [6, 6.07) is 11.1. The van der Waals surface area contributed by atoms with E-state index in [-0.39, 0.29) is 16.9 Å². The zero-order chi connectivity index (χ0) is 24.2. The number of thiazole rings is 1. The maximum absolute atomic E-state index is 13.5. The molecule has 1 N–H and O–H groups in total. The van der Waals surface area contributed by atoms with Gasteiger partial charge in [0, 0.05) is 6.20 Å². The van der Waals surface area contributed by atoms with E-state index in [0.29, 0.717) is 39.6 Å². The second kappa shape index (κ2) is 9.96. The minimum absolute atomic E-state index is 0.141. The summed E-state index contributed by atoms with van der Waals surface area (Å²) in [7, 11) is 1.29. The molecule has 9 heteroatoms. The smallest absolute Gasteiger partial charge is 0.337 e. The summed E-state index contributed by atoms with van der Waals surface area (Å²) < 4.78 is 18.3. The van der Waals surface area contributed by atoms with E-state index >= 15 is 0 Å². The zero-order valence-electron chi connectivity index (χ0n) is 19.0. The van der Waals surface area contributed by atoms with Gasteiger partial charge in [0.2, 0.25) is 0 Å². The number of methoxy groups -OCH3 is 1. The molecule has 1 aliphatic rings. The second-order valence-electron chi connectivity index (χ2n) is 7.34. The fourth-order valence-corrected chi connectivity index (χ4v) is 4.68. The fourth-order valence-electron chi connectivity index (χ4n) is 3.71. The standard InChI is InChI=1S/C25H24N2O6S/c1-4-32-19-11-8-16(13-20(19)33-5-2)22-18(24(30)31-3)14-26-25-27(22)23(29)21(34-25)12-15-6-9-17(28)10-7-15/h6-14,22,28H,4-5H2,1-3H3/b21-12-/t22-/m0/s1. The molecule has 4 rings (SSSR count). The lowest BCUT2D eigenvalue weighted by molar-refractivity contribution is -0.136. The van der Waals surface area contributed by atoms with Crippen molar-refractivity contribution < 1.29 is 24.1 Å². The summed E-state index contributed by atoms with van der Waals surface area (Å²) in [6.07, 6.45) is 3.18. The Morgan fingerprint density at radius 3 is 2.50 bits per heavy atom. The molecule has 0 aliphatic carbocycles. The molecule has 1 atom stereocenters. The Morgan fingerprint density at radius 2 is 1.82 bits per heavy atom. The van der Waals surface area contributed by atoms with Crippen LogP contribution in [0.4, 0.5) is 0 Å². The van der Waals surface area contributed by atoms with Gasteiger partial charge in [-0.15, -0.1) is 0 Å². The number of nitrogens with zero attached hydrogens (tertiary/aromatic N) is 2. The highest BCUT2D eigenvalue weighted by Crippen LogP contribution is 2.35. The van der Waals surface area contributed by atoms with E-state index in [1.807, 2.05) is 13.8 Å². The molecule has 1 aliphatic heterocycles. The molecule has 3 aromatic rings. The number of esters is 1. The Balaban J connectivity index is 1.90. The summed E-state index contributed by atoms with van der Waals surface area (Å²) >= 11 is 1.22. The van der Waals surface area contributed by atoms with Crippen molar-refractivity contribution in [1.29, 1.82) is 0 Å². The molecular formula is C25H24N2O6S. The van der Waals surface area contributed by atoms with Crippen LogP contribution in [-0.4, -0.2) is 36.0 Å². The van der Waals surface area contributed by atoms with Crippen LogP contribution in [0, 0.1) is 0 Å². The summed E-state index contributed by atoms with van der Waals surface area (Å²) in [5, 5.41) is 9.53. The van der Waals surface area contributed by atoms with Gasteiger partial charge < -0.3 is 19.3 Å². The van der Waals surface area contributed by atoms with Crippen LogP contribution in [0.5, 0.6) is 17.2 Å². The van der Waals surface area contributed by atoms with E-state index in [4.69, 9.17) is 14.2 Å². The largest absolute Gasteiger partial charge is 0.508 e. The molecule has 8 nitrogen and oxygen atoms in total. The van der Waals surface area contributed by atoms with Crippen molar-refractivity contribution in [2.24, 2.45) is 4.99 Å². The Labute approximate surface area is 199 Å². The molecule has 0 unspecified atom stereocenters. The number of carbonyl (C=O) groups is 1. The Morgan fingerprint density at radius 1 is 1.12 bits per heavy atom. The van der Waals surface area contributed by atoms with Crippen molar-refractivity contribution in [2.45, 2.75) is 19.9 Å². The van der Waals surface area contributed by atoms with Gasteiger partial charge in [0.05, 0.1) is 36.5 Å². The van der Waals surface area contributed by atoms with Crippen LogP contribution in [-0.2, 0) is 9.53 Å². The third-order valence-electron chi connectivity index (χ3n) is 5.20. The minimum atomic E-state index is -0.749. The van der Waals surface area contributed by atoms with Gasteiger partial charge >= 0.3 is 5.97 Å². The molecule has 176 valence electrons. The molecule has 2 heterocycles. The normalized spacial score (nSPS) is 15.2. The second-order valence-corrected chi connectivity index (χ2v) is 8.35. The Bertz CT molecular complexity index is 1420. The molecule has 0 fully saturated rings. The number of carbonyl (C=O) groups excluding carboxylic acids is 1. The minimum Gasteiger partial charge on any atom is -0.508 e. The number of fused-ring (bicyclic) bond motifs is 1.